The number of fused-ring (bicyclic) bond motifs is 1. The molecule has 1 aliphatic rings. The summed E-state index contributed by atoms with van der Waals surface area (Å²) in [5.41, 5.74) is 1.51. The summed E-state index contributed by atoms with van der Waals surface area (Å²) < 4.78 is 14.4. The van der Waals surface area contributed by atoms with Gasteiger partial charge in [0.25, 0.3) is 0 Å². The zero-order chi connectivity index (χ0) is 16.1. The number of aromatic nitrogens is 2. The summed E-state index contributed by atoms with van der Waals surface area (Å²) in [7, 11) is 0. The molecule has 3 rings (SSSR count). The quantitative estimate of drug-likeness (QED) is 0.896. The van der Waals surface area contributed by atoms with Crippen molar-refractivity contribution in [3.63, 3.8) is 0 Å². The number of carbonyl (C=O) groups excluding carboxylic acids is 1. The number of hydrogen-bond acceptors (Lipinski definition) is 3. The van der Waals surface area contributed by atoms with Gasteiger partial charge in [0.15, 0.2) is 0 Å². The molecule has 0 saturated heterocycles. The number of hydrogen-bond donors (Lipinski definition) is 2. The predicted molar refractivity (Wildman–Crippen MR) is 80.1 cm³/mol. The number of nitrogens with zero attached hydrogens (tertiary/aromatic N) is 1. The van der Waals surface area contributed by atoms with Crippen molar-refractivity contribution in [3.05, 3.63) is 52.6 Å². The molecule has 0 amide bonds. The van der Waals surface area contributed by atoms with Crippen LogP contribution in [0.25, 0.3) is 0 Å². The molecule has 2 aromatic rings. The Morgan fingerprint density at radius 1 is 1.45 bits per heavy atom. The van der Waals surface area contributed by atoms with Crippen molar-refractivity contribution in [2.45, 2.75) is 38.7 Å². The minimum absolute atomic E-state index is 0.149. The Bertz CT molecular complexity index is 736. The van der Waals surface area contributed by atoms with E-state index in [2.05, 4.69) is 10.2 Å². The number of carbonyl (C=O) groups is 1. The Balaban J connectivity index is 2.28. The average molecular weight is 302 g/mol. The van der Waals surface area contributed by atoms with Gasteiger partial charge < -0.3 is 5.11 Å². The molecule has 0 aliphatic heterocycles. The van der Waals surface area contributed by atoms with Crippen LogP contribution in [0.1, 0.15) is 42.3 Å². The van der Waals surface area contributed by atoms with Crippen LogP contribution < -0.4 is 0 Å². The molecule has 4 nitrogen and oxygen atoms in total. The van der Waals surface area contributed by atoms with E-state index in [4.69, 9.17) is 0 Å². The highest BCUT2D eigenvalue weighted by Gasteiger charge is 2.49. The standard InChI is InChI=1S/C17H19FN2O2/c1-9-14-13(20-19-9)8-17(3,22)16(10(2)21)15(14)11-6-4-5-7-12(11)18/h4-7,15-16,22H,8H2,1-3H3,(H,19,20)/t15-,16-,17-/m1/s1. The lowest BCUT2D eigenvalue weighted by molar-refractivity contribution is -0.130. The molecule has 0 unspecified atom stereocenters. The van der Waals surface area contributed by atoms with Gasteiger partial charge in [-0.2, -0.15) is 5.10 Å². The van der Waals surface area contributed by atoms with Gasteiger partial charge in [0, 0.05) is 23.6 Å². The average Bonchev–Trinajstić information content (AvgIpc) is 2.77. The van der Waals surface area contributed by atoms with E-state index in [1.165, 1.54) is 13.0 Å². The molecular weight excluding hydrogens is 283 g/mol. The molecule has 1 heterocycles. The van der Waals surface area contributed by atoms with Crippen LogP contribution in [-0.4, -0.2) is 26.7 Å². The second-order valence-electron chi connectivity index (χ2n) is 6.33. The van der Waals surface area contributed by atoms with E-state index in [9.17, 15) is 14.3 Å². The Morgan fingerprint density at radius 2 is 2.14 bits per heavy atom. The van der Waals surface area contributed by atoms with Crippen molar-refractivity contribution in [1.29, 1.82) is 0 Å². The monoisotopic (exact) mass is 302 g/mol. The molecule has 0 fully saturated rings. The molecule has 0 spiro atoms. The second-order valence-corrected chi connectivity index (χ2v) is 6.33. The van der Waals surface area contributed by atoms with Gasteiger partial charge in [-0.3, -0.25) is 9.89 Å². The number of aromatic amines is 1. The molecule has 1 aliphatic carbocycles. The van der Waals surface area contributed by atoms with Crippen LogP contribution in [0.4, 0.5) is 4.39 Å². The Morgan fingerprint density at radius 3 is 2.77 bits per heavy atom. The third-order valence-electron chi connectivity index (χ3n) is 4.59. The van der Waals surface area contributed by atoms with Gasteiger partial charge in [0.1, 0.15) is 11.6 Å². The topological polar surface area (TPSA) is 66.0 Å². The molecule has 2 N–H and O–H groups in total. The van der Waals surface area contributed by atoms with Gasteiger partial charge >= 0.3 is 0 Å². The van der Waals surface area contributed by atoms with Crippen molar-refractivity contribution in [2.75, 3.05) is 0 Å². The smallest absolute Gasteiger partial charge is 0.136 e. The highest BCUT2D eigenvalue weighted by Crippen LogP contribution is 2.47. The van der Waals surface area contributed by atoms with Crippen LogP contribution in [-0.2, 0) is 11.2 Å². The van der Waals surface area contributed by atoms with E-state index >= 15 is 0 Å². The van der Waals surface area contributed by atoms with Gasteiger partial charge in [-0.05, 0) is 32.4 Å². The van der Waals surface area contributed by atoms with Crippen molar-refractivity contribution >= 4 is 5.78 Å². The first-order valence-electron chi connectivity index (χ1n) is 7.34. The Kier molecular flexibility index (Phi) is 3.40. The van der Waals surface area contributed by atoms with Crippen molar-refractivity contribution in [2.24, 2.45) is 5.92 Å². The summed E-state index contributed by atoms with van der Waals surface area (Å²) >= 11 is 0. The second kappa shape index (κ2) is 5.02. The lowest BCUT2D eigenvalue weighted by Gasteiger charge is -2.41. The number of Topliss-reactive ketones (excluding diaryl/α,β-unsaturated/α-hetero) is 1. The van der Waals surface area contributed by atoms with Crippen molar-refractivity contribution in [3.8, 4) is 0 Å². The first-order valence-corrected chi connectivity index (χ1v) is 7.34. The molecule has 5 heteroatoms. The van der Waals surface area contributed by atoms with E-state index in [1.807, 2.05) is 6.92 Å². The number of benzene rings is 1. The minimum atomic E-state index is -1.26. The third-order valence-corrected chi connectivity index (χ3v) is 4.59. The van der Waals surface area contributed by atoms with Gasteiger partial charge in [-0.1, -0.05) is 18.2 Å². The number of aryl methyl sites for hydroxylation is 1. The summed E-state index contributed by atoms with van der Waals surface area (Å²) in [6, 6.07) is 6.41. The molecule has 0 radical (unpaired) electrons. The first kappa shape index (κ1) is 14.9. The van der Waals surface area contributed by atoms with E-state index < -0.39 is 17.4 Å². The normalized spacial score (nSPS) is 27.5. The van der Waals surface area contributed by atoms with Gasteiger partial charge in [0.05, 0.1) is 17.2 Å². The van der Waals surface area contributed by atoms with Crippen molar-refractivity contribution < 1.29 is 14.3 Å². The maximum absolute atomic E-state index is 14.4. The predicted octanol–water partition coefficient (Wildman–Crippen LogP) is 2.50. The third kappa shape index (κ3) is 2.16. The van der Waals surface area contributed by atoms with Gasteiger partial charge in [0.2, 0.25) is 0 Å². The van der Waals surface area contributed by atoms with E-state index in [0.717, 1.165) is 11.3 Å². The van der Waals surface area contributed by atoms with E-state index in [-0.39, 0.29) is 18.0 Å². The fraction of sp³-hybridized carbons (Fsp3) is 0.412. The highest BCUT2D eigenvalue weighted by atomic mass is 19.1. The number of aliphatic hydroxyl groups is 1. The van der Waals surface area contributed by atoms with Crippen LogP contribution in [0, 0.1) is 18.7 Å². The number of ketones is 1. The molecule has 3 atom stereocenters. The lowest BCUT2D eigenvalue weighted by atomic mass is 9.64. The maximum Gasteiger partial charge on any atom is 0.136 e. The fourth-order valence-electron chi connectivity index (χ4n) is 3.75. The summed E-state index contributed by atoms with van der Waals surface area (Å²) in [4.78, 5) is 12.2. The molecular formula is C17H19FN2O2. The molecule has 0 bridgehead atoms. The van der Waals surface area contributed by atoms with Crippen LogP contribution >= 0.6 is 0 Å². The van der Waals surface area contributed by atoms with Crippen molar-refractivity contribution in [1.82, 2.24) is 10.2 Å². The largest absolute Gasteiger partial charge is 0.389 e. The minimum Gasteiger partial charge on any atom is -0.389 e. The number of nitrogens with one attached hydrogen (secondary N) is 1. The number of rotatable bonds is 2. The Labute approximate surface area is 128 Å². The lowest BCUT2D eigenvalue weighted by Crippen LogP contribution is -2.48. The number of halogens is 1. The zero-order valence-electron chi connectivity index (χ0n) is 12.9. The molecule has 0 saturated carbocycles. The van der Waals surface area contributed by atoms with Crippen LogP contribution in [0.3, 0.4) is 0 Å². The van der Waals surface area contributed by atoms with Gasteiger partial charge in [-0.25, -0.2) is 4.39 Å². The fourth-order valence-corrected chi connectivity index (χ4v) is 3.75. The SMILES string of the molecule is CC(=O)[C@@H]1[C@H](c2ccccc2F)c2c(n[nH]c2C)C[C@@]1(C)O. The van der Waals surface area contributed by atoms with Gasteiger partial charge in [-0.15, -0.1) is 0 Å². The van der Waals surface area contributed by atoms with Crippen LogP contribution in [0.15, 0.2) is 24.3 Å². The molecule has 22 heavy (non-hydrogen) atoms. The number of H-pyrrole nitrogens is 1. The van der Waals surface area contributed by atoms with Crippen LogP contribution in [0.2, 0.25) is 0 Å². The Hall–Kier alpha value is -2.01. The van der Waals surface area contributed by atoms with E-state index in [0.29, 0.717) is 11.3 Å². The summed E-state index contributed by atoms with van der Waals surface area (Å²) in [6.07, 6.45) is 0.280. The highest BCUT2D eigenvalue weighted by molar-refractivity contribution is 5.82. The molecule has 1 aromatic carbocycles. The molecule has 1 aromatic heterocycles. The summed E-state index contributed by atoms with van der Waals surface area (Å²) in [5, 5.41) is 17.9. The first-order chi connectivity index (χ1) is 10.3. The molecule has 116 valence electrons. The maximum atomic E-state index is 14.4. The van der Waals surface area contributed by atoms with E-state index in [1.54, 1.807) is 25.1 Å². The summed E-state index contributed by atoms with van der Waals surface area (Å²) in [5.74, 6) is -1.75. The zero-order valence-corrected chi connectivity index (χ0v) is 12.9. The van der Waals surface area contributed by atoms with Crippen LogP contribution in [0.5, 0.6) is 0 Å². The summed E-state index contributed by atoms with van der Waals surface area (Å²) in [6.45, 7) is 4.93.